The van der Waals surface area contributed by atoms with Crippen molar-refractivity contribution in [1.82, 2.24) is 4.98 Å². The van der Waals surface area contributed by atoms with Crippen LogP contribution in [0.25, 0.3) is 11.5 Å². The largest absolute Gasteiger partial charge is 0.487 e. The third-order valence-electron chi connectivity index (χ3n) is 4.80. The lowest BCUT2D eigenvalue weighted by atomic mass is 10.1. The smallest absolute Gasteiger partial charge is 0.292 e. The van der Waals surface area contributed by atoms with Gasteiger partial charge in [-0.05, 0) is 62.9 Å². The zero-order chi connectivity index (χ0) is 22.3. The Hall–Kier alpha value is -2.68. The van der Waals surface area contributed by atoms with E-state index < -0.39 is 15.6 Å². The summed E-state index contributed by atoms with van der Waals surface area (Å²) in [6.45, 7) is 4.09. The van der Waals surface area contributed by atoms with E-state index in [1.54, 1.807) is 6.92 Å². The van der Waals surface area contributed by atoms with E-state index >= 15 is 0 Å². The number of hydrogen-bond acceptors (Lipinski definition) is 6. The average molecular weight is 446 g/mol. The van der Waals surface area contributed by atoms with Gasteiger partial charge in [-0.2, -0.15) is 8.42 Å². The van der Waals surface area contributed by atoms with E-state index in [1.165, 1.54) is 0 Å². The highest BCUT2D eigenvalue weighted by Gasteiger charge is 2.22. The summed E-state index contributed by atoms with van der Waals surface area (Å²) in [4.78, 5) is 4.53. The number of rotatable bonds is 11. The Kier molecular flexibility index (Phi) is 7.84. The average Bonchev–Trinajstić information content (AvgIpc) is 3.13. The van der Waals surface area contributed by atoms with Crippen LogP contribution in [0.4, 0.5) is 0 Å². The molecule has 0 radical (unpaired) electrons. The molecule has 8 heteroatoms. The maximum Gasteiger partial charge on any atom is 0.292 e. The van der Waals surface area contributed by atoms with Gasteiger partial charge in [-0.1, -0.05) is 30.3 Å². The molecule has 7 nitrogen and oxygen atoms in total. The molecule has 0 saturated carbocycles. The van der Waals surface area contributed by atoms with Crippen molar-refractivity contribution in [2.45, 2.75) is 45.2 Å². The van der Waals surface area contributed by atoms with Crippen molar-refractivity contribution in [3.63, 3.8) is 0 Å². The van der Waals surface area contributed by atoms with E-state index in [1.807, 2.05) is 61.5 Å². The molecule has 0 aliphatic rings. The van der Waals surface area contributed by atoms with Gasteiger partial charge in [0.1, 0.15) is 23.8 Å². The van der Waals surface area contributed by atoms with Crippen molar-refractivity contribution < 1.29 is 26.9 Å². The third kappa shape index (κ3) is 6.65. The molecule has 3 aromatic rings. The molecule has 0 aliphatic heterocycles. The van der Waals surface area contributed by atoms with Gasteiger partial charge in [-0.3, -0.25) is 4.55 Å². The molecule has 166 valence electrons. The molecule has 1 atom stereocenters. The number of hydrogen-bond donors (Lipinski definition) is 1. The van der Waals surface area contributed by atoms with Gasteiger partial charge in [0.2, 0.25) is 5.89 Å². The number of nitrogens with zero attached hydrogens (tertiary/aromatic N) is 1. The van der Waals surface area contributed by atoms with Gasteiger partial charge < -0.3 is 13.9 Å². The van der Waals surface area contributed by atoms with Crippen LogP contribution in [0.2, 0.25) is 0 Å². The molecule has 1 N–H and O–H groups in total. The Balaban J connectivity index is 1.51. The summed E-state index contributed by atoms with van der Waals surface area (Å²) < 4.78 is 48.5. The molecular formula is C23H27NO6S. The molecule has 31 heavy (non-hydrogen) atoms. The second kappa shape index (κ2) is 10.6. The summed E-state index contributed by atoms with van der Waals surface area (Å²) in [6, 6.07) is 17.3. The number of ether oxygens (including phenoxy) is 2. The fraction of sp³-hybridized carbons (Fsp3) is 0.348. The Bertz CT molecular complexity index is 1060. The van der Waals surface area contributed by atoms with Crippen molar-refractivity contribution in [3.05, 3.63) is 71.6 Å². The molecule has 0 spiro atoms. The van der Waals surface area contributed by atoms with Crippen LogP contribution in [-0.2, 0) is 27.9 Å². The van der Waals surface area contributed by atoms with Crippen molar-refractivity contribution in [2.24, 2.45) is 0 Å². The molecule has 0 aliphatic carbocycles. The number of oxazole rings is 1. The molecule has 0 unspecified atom stereocenters. The first kappa shape index (κ1) is 23.0. The summed E-state index contributed by atoms with van der Waals surface area (Å²) in [6.07, 6.45) is 1.48. The maximum atomic E-state index is 11.3. The van der Waals surface area contributed by atoms with E-state index in [0.29, 0.717) is 31.1 Å². The minimum Gasteiger partial charge on any atom is -0.487 e. The molecule has 0 fully saturated rings. The highest BCUT2D eigenvalue weighted by atomic mass is 32.2. The van der Waals surface area contributed by atoms with Gasteiger partial charge in [0, 0.05) is 12.2 Å². The Morgan fingerprint density at radius 3 is 2.45 bits per heavy atom. The lowest BCUT2D eigenvalue weighted by molar-refractivity contribution is 0.103. The summed E-state index contributed by atoms with van der Waals surface area (Å²) in [7, 11) is -4.20. The molecular weight excluding hydrogens is 418 g/mol. The first-order chi connectivity index (χ1) is 14.9. The normalized spacial score (nSPS) is 12.6. The quantitative estimate of drug-likeness (QED) is 0.423. The summed E-state index contributed by atoms with van der Waals surface area (Å²) >= 11 is 0. The lowest BCUT2D eigenvalue weighted by Crippen LogP contribution is -2.24. The maximum absolute atomic E-state index is 11.3. The van der Waals surface area contributed by atoms with Crippen LogP contribution >= 0.6 is 0 Å². The molecule has 1 aromatic heterocycles. The molecule has 0 amide bonds. The van der Waals surface area contributed by atoms with E-state index in [-0.39, 0.29) is 13.0 Å². The summed E-state index contributed by atoms with van der Waals surface area (Å²) in [5.74, 6) is 2.00. The SMILES string of the molecule is CCO[C@H](CCCc1ccc(OCc2nc(-c3ccccc3)oc2C)cc1)S(=O)(=O)O. The van der Waals surface area contributed by atoms with Crippen LogP contribution in [0.1, 0.15) is 36.8 Å². The van der Waals surface area contributed by atoms with Crippen LogP contribution in [-0.4, -0.2) is 30.0 Å². The first-order valence-electron chi connectivity index (χ1n) is 10.2. The van der Waals surface area contributed by atoms with Gasteiger partial charge in [0.15, 0.2) is 5.44 Å². The van der Waals surface area contributed by atoms with Crippen molar-refractivity contribution in [2.75, 3.05) is 6.61 Å². The molecule has 0 bridgehead atoms. The van der Waals surface area contributed by atoms with Crippen LogP contribution in [0, 0.1) is 6.92 Å². The molecule has 1 heterocycles. The van der Waals surface area contributed by atoms with Gasteiger partial charge in [0.05, 0.1) is 0 Å². The summed E-state index contributed by atoms with van der Waals surface area (Å²) in [5, 5.41) is 0. The monoisotopic (exact) mass is 445 g/mol. The molecule has 2 aromatic carbocycles. The molecule has 3 rings (SSSR count). The zero-order valence-corrected chi connectivity index (χ0v) is 18.5. The fourth-order valence-corrected chi connectivity index (χ4v) is 3.92. The third-order valence-corrected chi connectivity index (χ3v) is 5.84. The second-order valence-electron chi connectivity index (χ2n) is 7.11. The van der Waals surface area contributed by atoms with Crippen LogP contribution in [0.5, 0.6) is 5.75 Å². The zero-order valence-electron chi connectivity index (χ0n) is 17.7. The van der Waals surface area contributed by atoms with E-state index in [4.69, 9.17) is 13.9 Å². The van der Waals surface area contributed by atoms with Crippen LogP contribution in [0.3, 0.4) is 0 Å². The predicted molar refractivity (Wildman–Crippen MR) is 117 cm³/mol. The fourth-order valence-electron chi connectivity index (χ4n) is 3.15. The summed E-state index contributed by atoms with van der Waals surface area (Å²) in [5.41, 5.74) is 1.53. The number of aryl methyl sites for hydroxylation is 2. The standard InChI is InChI=1S/C23H27NO6S/c1-3-28-22(31(25,26)27)11-7-8-18-12-14-20(15-13-18)29-16-21-17(2)30-23(24-21)19-9-5-4-6-10-19/h4-6,9-10,12-15,22H,3,7-8,11,16H2,1-2H3,(H,25,26,27)/t22-/m0/s1. The van der Waals surface area contributed by atoms with Gasteiger partial charge in [-0.25, -0.2) is 4.98 Å². The van der Waals surface area contributed by atoms with Crippen molar-refractivity contribution in [3.8, 4) is 17.2 Å². The van der Waals surface area contributed by atoms with E-state index in [2.05, 4.69) is 4.98 Å². The Morgan fingerprint density at radius 2 is 1.81 bits per heavy atom. The van der Waals surface area contributed by atoms with Gasteiger partial charge in [0.25, 0.3) is 10.1 Å². The first-order valence-corrected chi connectivity index (χ1v) is 11.7. The highest BCUT2D eigenvalue weighted by molar-refractivity contribution is 7.86. The minimum atomic E-state index is -4.20. The van der Waals surface area contributed by atoms with Crippen LogP contribution < -0.4 is 4.74 Å². The lowest BCUT2D eigenvalue weighted by Gasteiger charge is -2.13. The number of benzene rings is 2. The molecule has 0 saturated heterocycles. The van der Waals surface area contributed by atoms with Crippen molar-refractivity contribution in [1.29, 1.82) is 0 Å². The van der Waals surface area contributed by atoms with Crippen molar-refractivity contribution >= 4 is 10.1 Å². The minimum absolute atomic E-state index is 0.230. The van der Waals surface area contributed by atoms with Crippen LogP contribution in [0.15, 0.2) is 59.0 Å². The van der Waals surface area contributed by atoms with E-state index in [9.17, 15) is 13.0 Å². The second-order valence-corrected chi connectivity index (χ2v) is 8.67. The predicted octanol–water partition coefficient (Wildman–Crippen LogP) is 4.80. The topological polar surface area (TPSA) is 98.9 Å². The van der Waals surface area contributed by atoms with Gasteiger partial charge in [-0.15, -0.1) is 0 Å². The Labute approximate surface area is 182 Å². The van der Waals surface area contributed by atoms with Gasteiger partial charge >= 0.3 is 0 Å². The number of aromatic nitrogens is 1. The van der Waals surface area contributed by atoms with E-state index in [0.717, 1.165) is 22.6 Å². The Morgan fingerprint density at radius 1 is 1.10 bits per heavy atom. The highest BCUT2D eigenvalue weighted by Crippen LogP contribution is 2.23.